The Morgan fingerprint density at radius 2 is 1.66 bits per heavy atom. The van der Waals surface area contributed by atoms with Gasteiger partial charge >= 0.3 is 12.1 Å². The van der Waals surface area contributed by atoms with E-state index in [1.54, 1.807) is 37.3 Å². The third-order valence-corrected chi connectivity index (χ3v) is 5.38. The van der Waals surface area contributed by atoms with Gasteiger partial charge in [0, 0.05) is 37.9 Å². The molecule has 1 heterocycles. The van der Waals surface area contributed by atoms with Crippen molar-refractivity contribution >= 4 is 29.5 Å². The van der Waals surface area contributed by atoms with Crippen molar-refractivity contribution in [3.8, 4) is 0 Å². The standard InChI is InChI=1S/C25H26F3N3O4/c1-2-35-23(33)12-9-18-7-10-19(11-8-18)29-22(32)17-30-13-15-31(16-14-30)24(34)20-5-3-4-6-21(20)25(26,27)28/h3-12H,2,13-17H2,1H3,(H,29,32)/b12-9+. The number of nitrogens with one attached hydrogen (secondary N) is 1. The number of carbonyl (C=O) groups excluding carboxylic acids is 3. The van der Waals surface area contributed by atoms with Crippen LogP contribution in [-0.4, -0.2) is 66.9 Å². The molecule has 10 heteroatoms. The van der Waals surface area contributed by atoms with Crippen molar-refractivity contribution in [2.75, 3.05) is 44.6 Å². The molecule has 186 valence electrons. The van der Waals surface area contributed by atoms with E-state index in [4.69, 9.17) is 4.74 Å². The molecule has 2 aromatic carbocycles. The molecule has 1 fully saturated rings. The molecular weight excluding hydrogens is 463 g/mol. The van der Waals surface area contributed by atoms with Gasteiger partial charge in [0.05, 0.1) is 24.3 Å². The van der Waals surface area contributed by atoms with Gasteiger partial charge in [-0.15, -0.1) is 0 Å². The fourth-order valence-electron chi connectivity index (χ4n) is 3.63. The number of anilines is 1. The van der Waals surface area contributed by atoms with Crippen LogP contribution in [0.15, 0.2) is 54.6 Å². The highest BCUT2D eigenvalue weighted by molar-refractivity contribution is 5.96. The lowest BCUT2D eigenvalue weighted by Crippen LogP contribution is -2.50. The number of piperazine rings is 1. The lowest BCUT2D eigenvalue weighted by atomic mass is 10.1. The van der Waals surface area contributed by atoms with E-state index < -0.39 is 23.6 Å². The Bertz CT molecular complexity index is 1080. The first-order chi connectivity index (χ1) is 16.7. The molecule has 0 spiro atoms. The van der Waals surface area contributed by atoms with E-state index in [0.717, 1.165) is 11.6 Å². The normalized spacial score (nSPS) is 14.7. The van der Waals surface area contributed by atoms with E-state index in [-0.39, 0.29) is 31.1 Å². The van der Waals surface area contributed by atoms with Gasteiger partial charge < -0.3 is 15.0 Å². The number of halogens is 3. The Labute approximate surface area is 201 Å². The Morgan fingerprint density at radius 1 is 1.00 bits per heavy atom. The molecule has 2 amide bonds. The Hall–Kier alpha value is -3.66. The molecule has 1 saturated heterocycles. The summed E-state index contributed by atoms with van der Waals surface area (Å²) in [6.07, 6.45) is -1.68. The quantitative estimate of drug-likeness (QED) is 0.474. The van der Waals surface area contributed by atoms with E-state index in [0.29, 0.717) is 25.4 Å². The van der Waals surface area contributed by atoms with Crippen LogP contribution in [0.2, 0.25) is 0 Å². The van der Waals surface area contributed by atoms with Crippen LogP contribution < -0.4 is 5.32 Å². The number of alkyl halides is 3. The molecule has 1 aliphatic heterocycles. The summed E-state index contributed by atoms with van der Waals surface area (Å²) in [4.78, 5) is 39.7. The van der Waals surface area contributed by atoms with Gasteiger partial charge in [0.25, 0.3) is 5.91 Å². The predicted molar refractivity (Wildman–Crippen MR) is 125 cm³/mol. The highest BCUT2D eigenvalue weighted by atomic mass is 19.4. The third kappa shape index (κ3) is 7.41. The SMILES string of the molecule is CCOC(=O)/C=C/c1ccc(NC(=O)CN2CCN(C(=O)c3ccccc3C(F)(F)F)CC2)cc1. The summed E-state index contributed by atoms with van der Waals surface area (Å²) in [5.74, 6) is -1.35. The molecule has 7 nitrogen and oxygen atoms in total. The molecule has 0 saturated carbocycles. The number of nitrogens with zero attached hydrogens (tertiary/aromatic N) is 2. The number of esters is 1. The Balaban J connectivity index is 1.49. The number of benzene rings is 2. The maximum atomic E-state index is 13.2. The summed E-state index contributed by atoms with van der Waals surface area (Å²) >= 11 is 0. The van der Waals surface area contributed by atoms with E-state index in [1.165, 1.54) is 29.2 Å². The average Bonchev–Trinajstić information content (AvgIpc) is 2.83. The highest BCUT2D eigenvalue weighted by Crippen LogP contribution is 2.32. The van der Waals surface area contributed by atoms with Gasteiger partial charge in [-0.25, -0.2) is 4.79 Å². The topological polar surface area (TPSA) is 79.0 Å². The molecule has 0 bridgehead atoms. The van der Waals surface area contributed by atoms with Crippen molar-refractivity contribution in [3.05, 3.63) is 71.3 Å². The minimum atomic E-state index is -4.61. The summed E-state index contributed by atoms with van der Waals surface area (Å²) < 4.78 is 44.5. The van der Waals surface area contributed by atoms with Crippen molar-refractivity contribution in [3.63, 3.8) is 0 Å². The van der Waals surface area contributed by atoms with Crippen molar-refractivity contribution in [2.45, 2.75) is 13.1 Å². The first-order valence-electron chi connectivity index (χ1n) is 11.1. The van der Waals surface area contributed by atoms with Crippen LogP contribution in [0.4, 0.5) is 18.9 Å². The van der Waals surface area contributed by atoms with Gasteiger partial charge in [-0.3, -0.25) is 14.5 Å². The zero-order chi connectivity index (χ0) is 25.4. The fourth-order valence-corrected chi connectivity index (χ4v) is 3.63. The van der Waals surface area contributed by atoms with E-state index in [9.17, 15) is 27.6 Å². The number of rotatable bonds is 7. The van der Waals surface area contributed by atoms with Crippen molar-refractivity contribution in [1.82, 2.24) is 9.80 Å². The highest BCUT2D eigenvalue weighted by Gasteiger charge is 2.36. The fraction of sp³-hybridized carbons (Fsp3) is 0.320. The second-order valence-electron chi connectivity index (χ2n) is 7.87. The van der Waals surface area contributed by atoms with Crippen LogP contribution in [0.5, 0.6) is 0 Å². The van der Waals surface area contributed by atoms with Gasteiger partial charge in [0.1, 0.15) is 0 Å². The Kier molecular flexibility index (Phi) is 8.64. The second kappa shape index (κ2) is 11.7. The van der Waals surface area contributed by atoms with Gasteiger partial charge in [-0.05, 0) is 42.8 Å². The molecule has 0 aliphatic carbocycles. The van der Waals surface area contributed by atoms with Gasteiger partial charge in [0.15, 0.2) is 0 Å². The zero-order valence-corrected chi connectivity index (χ0v) is 19.2. The molecule has 1 N–H and O–H groups in total. The smallest absolute Gasteiger partial charge is 0.417 e. The summed E-state index contributed by atoms with van der Waals surface area (Å²) in [5, 5.41) is 2.78. The van der Waals surface area contributed by atoms with Crippen molar-refractivity contribution in [1.29, 1.82) is 0 Å². The molecule has 35 heavy (non-hydrogen) atoms. The summed E-state index contributed by atoms with van der Waals surface area (Å²) in [7, 11) is 0. The molecule has 1 aliphatic rings. The average molecular weight is 489 g/mol. The van der Waals surface area contributed by atoms with E-state index in [1.807, 2.05) is 4.90 Å². The molecule has 0 atom stereocenters. The van der Waals surface area contributed by atoms with Gasteiger partial charge in [0.2, 0.25) is 5.91 Å². The number of hydrogen-bond acceptors (Lipinski definition) is 5. The summed E-state index contributed by atoms with van der Waals surface area (Å²) in [6, 6.07) is 11.6. The van der Waals surface area contributed by atoms with Gasteiger partial charge in [-0.2, -0.15) is 13.2 Å². The third-order valence-electron chi connectivity index (χ3n) is 5.38. The second-order valence-corrected chi connectivity index (χ2v) is 7.87. The Morgan fingerprint density at radius 3 is 2.29 bits per heavy atom. The summed E-state index contributed by atoms with van der Waals surface area (Å²) in [6.45, 7) is 3.28. The van der Waals surface area contributed by atoms with Crippen LogP contribution in [0.1, 0.15) is 28.4 Å². The predicted octanol–water partition coefficient (Wildman–Crippen LogP) is 3.68. The minimum Gasteiger partial charge on any atom is -0.463 e. The molecule has 0 radical (unpaired) electrons. The molecular formula is C25H26F3N3O4. The minimum absolute atomic E-state index is 0.0890. The molecule has 0 aromatic heterocycles. The monoisotopic (exact) mass is 489 g/mol. The number of ether oxygens (including phenoxy) is 1. The van der Waals surface area contributed by atoms with Crippen molar-refractivity contribution in [2.24, 2.45) is 0 Å². The maximum Gasteiger partial charge on any atom is 0.417 e. The lowest BCUT2D eigenvalue weighted by molar-refractivity contribution is -0.138. The number of amides is 2. The number of carbonyl (C=O) groups is 3. The van der Waals surface area contributed by atoms with Crippen molar-refractivity contribution < 1.29 is 32.3 Å². The van der Waals surface area contributed by atoms with E-state index in [2.05, 4.69) is 5.32 Å². The number of hydrogen-bond donors (Lipinski definition) is 1. The molecule has 3 rings (SSSR count). The summed E-state index contributed by atoms with van der Waals surface area (Å²) in [5.41, 5.74) is 0.0331. The van der Waals surface area contributed by atoms with Crippen LogP contribution in [0.25, 0.3) is 6.08 Å². The largest absolute Gasteiger partial charge is 0.463 e. The first-order valence-corrected chi connectivity index (χ1v) is 11.1. The molecule has 2 aromatic rings. The maximum absolute atomic E-state index is 13.2. The van der Waals surface area contributed by atoms with Gasteiger partial charge in [-0.1, -0.05) is 24.3 Å². The first kappa shape index (κ1) is 26.0. The van der Waals surface area contributed by atoms with E-state index >= 15 is 0 Å². The van der Waals surface area contributed by atoms with Crippen LogP contribution >= 0.6 is 0 Å². The van der Waals surface area contributed by atoms with Crippen LogP contribution in [-0.2, 0) is 20.5 Å². The van der Waals surface area contributed by atoms with Crippen LogP contribution in [0.3, 0.4) is 0 Å². The zero-order valence-electron chi connectivity index (χ0n) is 19.2. The lowest BCUT2D eigenvalue weighted by Gasteiger charge is -2.34. The molecule has 0 unspecified atom stereocenters. The van der Waals surface area contributed by atoms with Crippen LogP contribution in [0, 0.1) is 0 Å².